The van der Waals surface area contributed by atoms with Crippen molar-refractivity contribution in [3.05, 3.63) is 100 Å². The van der Waals surface area contributed by atoms with E-state index in [9.17, 15) is 9.59 Å². The molecule has 0 heterocycles. The second kappa shape index (κ2) is 9.73. The number of ether oxygens (including phenoxy) is 1. The molecule has 0 aromatic heterocycles. The van der Waals surface area contributed by atoms with Crippen molar-refractivity contribution in [1.29, 1.82) is 5.26 Å². The number of hydrogen-bond donors (Lipinski definition) is 1. The van der Waals surface area contributed by atoms with Gasteiger partial charge in [-0.3, -0.25) is 4.79 Å². The van der Waals surface area contributed by atoms with Crippen molar-refractivity contribution in [2.75, 3.05) is 12.4 Å². The van der Waals surface area contributed by atoms with Gasteiger partial charge in [0.2, 0.25) is 5.91 Å². The summed E-state index contributed by atoms with van der Waals surface area (Å²) in [7, 11) is 1.33. The molecule has 1 N–H and O–H groups in total. The lowest BCUT2D eigenvalue weighted by molar-refractivity contribution is -0.117. The molecule has 5 nitrogen and oxygen atoms in total. The Morgan fingerprint density at radius 2 is 1.77 bits per heavy atom. The van der Waals surface area contributed by atoms with Crippen LogP contribution in [0.1, 0.15) is 33.0 Å². The van der Waals surface area contributed by atoms with Gasteiger partial charge >= 0.3 is 5.97 Å². The van der Waals surface area contributed by atoms with Gasteiger partial charge in [-0.1, -0.05) is 54.1 Å². The van der Waals surface area contributed by atoms with E-state index in [1.807, 2.05) is 48.5 Å². The third kappa shape index (κ3) is 5.05. The van der Waals surface area contributed by atoms with Crippen LogP contribution >= 0.6 is 11.6 Å². The van der Waals surface area contributed by atoms with Gasteiger partial charge in [-0.15, -0.1) is 0 Å². The van der Waals surface area contributed by atoms with Crippen molar-refractivity contribution in [3.8, 4) is 6.07 Å². The fourth-order valence-corrected chi connectivity index (χ4v) is 3.31. The summed E-state index contributed by atoms with van der Waals surface area (Å²) in [6.07, 6.45) is 0.446. The molecular formula is C24H19ClN2O3. The second-order valence-corrected chi connectivity index (χ2v) is 7.06. The van der Waals surface area contributed by atoms with Crippen molar-refractivity contribution < 1.29 is 14.3 Å². The van der Waals surface area contributed by atoms with E-state index in [1.54, 1.807) is 30.3 Å². The summed E-state index contributed by atoms with van der Waals surface area (Å²) < 4.78 is 4.72. The van der Waals surface area contributed by atoms with E-state index in [0.29, 0.717) is 23.2 Å². The van der Waals surface area contributed by atoms with Crippen LogP contribution in [-0.4, -0.2) is 19.0 Å². The summed E-state index contributed by atoms with van der Waals surface area (Å²) in [5, 5.41) is 12.2. The number of halogens is 1. The van der Waals surface area contributed by atoms with Crippen LogP contribution in [0, 0.1) is 11.3 Å². The number of nitriles is 1. The first kappa shape index (κ1) is 21.1. The zero-order chi connectivity index (χ0) is 21.5. The van der Waals surface area contributed by atoms with Crippen LogP contribution in [0.5, 0.6) is 0 Å². The first-order chi connectivity index (χ1) is 14.5. The summed E-state index contributed by atoms with van der Waals surface area (Å²) in [4.78, 5) is 24.7. The lowest BCUT2D eigenvalue weighted by Crippen LogP contribution is -2.23. The van der Waals surface area contributed by atoms with Crippen LogP contribution in [0.4, 0.5) is 5.69 Å². The monoisotopic (exact) mass is 418 g/mol. The highest BCUT2D eigenvalue weighted by molar-refractivity contribution is 6.32. The molecule has 0 aliphatic carbocycles. The molecule has 3 rings (SSSR count). The van der Waals surface area contributed by atoms with Crippen LogP contribution in [0.3, 0.4) is 0 Å². The van der Waals surface area contributed by atoms with Crippen molar-refractivity contribution in [1.82, 2.24) is 0 Å². The molecule has 3 aromatic rings. The fourth-order valence-electron chi connectivity index (χ4n) is 3.09. The van der Waals surface area contributed by atoms with E-state index in [2.05, 4.69) is 5.32 Å². The molecule has 0 bridgehead atoms. The number of amides is 1. The van der Waals surface area contributed by atoms with Gasteiger partial charge in [-0.2, -0.15) is 5.26 Å². The van der Waals surface area contributed by atoms with Gasteiger partial charge in [0.05, 0.1) is 29.2 Å². The number of hydrogen-bond acceptors (Lipinski definition) is 4. The molecule has 0 aliphatic heterocycles. The lowest BCUT2D eigenvalue weighted by Gasteiger charge is -2.18. The number of methoxy groups -OCH3 is 1. The SMILES string of the molecule is COC(=O)c1ccc(CC(C(=O)Nc2ccc(C#N)c(Cl)c2)c2ccccc2)cc1. The molecule has 150 valence electrons. The average molecular weight is 419 g/mol. The van der Waals surface area contributed by atoms with E-state index in [1.165, 1.54) is 7.11 Å². The maximum Gasteiger partial charge on any atom is 0.337 e. The maximum absolute atomic E-state index is 13.1. The van der Waals surface area contributed by atoms with Gasteiger partial charge in [0.1, 0.15) is 6.07 Å². The van der Waals surface area contributed by atoms with Crippen molar-refractivity contribution in [2.24, 2.45) is 0 Å². The summed E-state index contributed by atoms with van der Waals surface area (Å²) in [5.74, 6) is -1.06. The standard InChI is InChI=1S/C24H19ClN2O3/c1-30-24(29)18-9-7-16(8-10-18)13-21(17-5-3-2-4-6-17)23(28)27-20-12-11-19(15-26)22(25)14-20/h2-12,14,21H,13H2,1H3,(H,27,28). The van der Waals surface area contributed by atoms with Gasteiger partial charge in [0, 0.05) is 5.69 Å². The van der Waals surface area contributed by atoms with Gasteiger partial charge in [-0.25, -0.2) is 4.79 Å². The molecule has 6 heteroatoms. The molecular weight excluding hydrogens is 400 g/mol. The number of esters is 1. The Morgan fingerprint density at radius 1 is 1.07 bits per heavy atom. The number of nitrogens with one attached hydrogen (secondary N) is 1. The minimum absolute atomic E-state index is 0.195. The van der Waals surface area contributed by atoms with Crippen molar-refractivity contribution in [2.45, 2.75) is 12.3 Å². The van der Waals surface area contributed by atoms with E-state index >= 15 is 0 Å². The number of anilines is 1. The fraction of sp³-hybridized carbons (Fsp3) is 0.125. The van der Waals surface area contributed by atoms with Crippen molar-refractivity contribution in [3.63, 3.8) is 0 Å². The topological polar surface area (TPSA) is 79.2 Å². The quantitative estimate of drug-likeness (QED) is 0.573. The first-order valence-corrected chi connectivity index (χ1v) is 9.62. The summed E-state index contributed by atoms with van der Waals surface area (Å²) >= 11 is 6.08. The summed E-state index contributed by atoms with van der Waals surface area (Å²) in [6.45, 7) is 0. The lowest BCUT2D eigenvalue weighted by atomic mass is 9.90. The highest BCUT2D eigenvalue weighted by Gasteiger charge is 2.22. The molecule has 0 aliphatic rings. The summed E-state index contributed by atoms with van der Waals surface area (Å²) in [5.41, 5.74) is 3.09. The van der Waals surface area contributed by atoms with E-state index in [-0.39, 0.29) is 10.9 Å². The zero-order valence-electron chi connectivity index (χ0n) is 16.3. The van der Waals surface area contributed by atoms with E-state index in [0.717, 1.165) is 11.1 Å². The molecule has 1 amide bonds. The van der Waals surface area contributed by atoms with Crippen LogP contribution in [0.25, 0.3) is 0 Å². The van der Waals surface area contributed by atoms with Gasteiger partial charge in [0.25, 0.3) is 0 Å². The largest absolute Gasteiger partial charge is 0.465 e. The Bertz CT molecular complexity index is 1090. The molecule has 1 atom stereocenters. The van der Waals surface area contributed by atoms with Gasteiger partial charge in [-0.05, 0) is 47.9 Å². The third-order valence-electron chi connectivity index (χ3n) is 4.69. The Morgan fingerprint density at radius 3 is 2.37 bits per heavy atom. The number of carbonyl (C=O) groups is 2. The summed E-state index contributed by atoms with van der Waals surface area (Å²) in [6, 6.07) is 23.2. The van der Waals surface area contributed by atoms with Gasteiger partial charge < -0.3 is 10.1 Å². The number of rotatable bonds is 6. The molecule has 0 fully saturated rings. The Labute approximate surface area is 179 Å². The first-order valence-electron chi connectivity index (χ1n) is 9.24. The molecule has 30 heavy (non-hydrogen) atoms. The minimum atomic E-state index is -0.454. The predicted molar refractivity (Wildman–Crippen MR) is 115 cm³/mol. The number of carbonyl (C=O) groups excluding carboxylic acids is 2. The average Bonchev–Trinajstić information content (AvgIpc) is 2.78. The number of nitrogens with zero attached hydrogens (tertiary/aromatic N) is 1. The maximum atomic E-state index is 13.1. The second-order valence-electron chi connectivity index (χ2n) is 6.65. The third-order valence-corrected chi connectivity index (χ3v) is 5.00. The number of benzene rings is 3. The highest BCUT2D eigenvalue weighted by Crippen LogP contribution is 2.25. The molecule has 0 radical (unpaired) electrons. The van der Waals surface area contributed by atoms with Crippen LogP contribution < -0.4 is 5.32 Å². The van der Waals surface area contributed by atoms with Gasteiger partial charge in [0.15, 0.2) is 0 Å². The zero-order valence-corrected chi connectivity index (χ0v) is 17.0. The molecule has 0 saturated heterocycles. The molecule has 0 spiro atoms. The van der Waals surface area contributed by atoms with E-state index in [4.69, 9.17) is 21.6 Å². The molecule has 1 unspecified atom stereocenters. The Kier molecular flexibility index (Phi) is 6.84. The normalized spacial score (nSPS) is 11.2. The molecule has 3 aromatic carbocycles. The molecule has 0 saturated carbocycles. The van der Waals surface area contributed by atoms with Crippen LogP contribution in [-0.2, 0) is 16.0 Å². The van der Waals surface area contributed by atoms with E-state index < -0.39 is 11.9 Å². The van der Waals surface area contributed by atoms with Crippen LogP contribution in [0.2, 0.25) is 5.02 Å². The smallest absolute Gasteiger partial charge is 0.337 e. The Balaban J connectivity index is 1.84. The highest BCUT2D eigenvalue weighted by atomic mass is 35.5. The van der Waals surface area contributed by atoms with Crippen molar-refractivity contribution >= 4 is 29.2 Å². The minimum Gasteiger partial charge on any atom is -0.465 e. The Hall–Kier alpha value is -3.62. The van der Waals surface area contributed by atoms with Crippen LogP contribution in [0.15, 0.2) is 72.8 Å². The predicted octanol–water partition coefficient (Wildman–Crippen LogP) is 4.96.